The van der Waals surface area contributed by atoms with Crippen molar-refractivity contribution in [2.75, 3.05) is 0 Å². The molecular formula is C106H62N8. The van der Waals surface area contributed by atoms with Crippen LogP contribution in [0.4, 0.5) is 0 Å². The highest BCUT2D eigenvalue weighted by Gasteiger charge is 2.19. The fourth-order valence-electron chi connectivity index (χ4n) is 17.5. The summed E-state index contributed by atoms with van der Waals surface area (Å²) in [5.74, 6) is 0. The van der Waals surface area contributed by atoms with Crippen molar-refractivity contribution in [2.24, 2.45) is 0 Å². The Bertz CT molecular complexity index is 8070. The van der Waals surface area contributed by atoms with Crippen molar-refractivity contribution in [3.05, 3.63) is 377 Å². The van der Waals surface area contributed by atoms with Crippen LogP contribution >= 0.6 is 0 Å². The van der Waals surface area contributed by atoms with E-state index in [4.69, 9.17) is 29.9 Å². The van der Waals surface area contributed by atoms with E-state index in [1.54, 1.807) is 0 Å². The largest absolute Gasteiger partial charge is 0.254 e. The molecule has 8 nitrogen and oxygen atoms in total. The molecular weight excluding hydrogens is 1390 g/mol. The summed E-state index contributed by atoms with van der Waals surface area (Å²) < 4.78 is 0. The fourth-order valence-corrected chi connectivity index (χ4v) is 17.5. The summed E-state index contributed by atoms with van der Waals surface area (Å²) in [5.41, 5.74) is 24.9. The second-order valence-corrected chi connectivity index (χ2v) is 29.7. The van der Waals surface area contributed by atoms with E-state index >= 15 is 0 Å². The molecule has 0 atom stereocenters. The van der Waals surface area contributed by atoms with Crippen LogP contribution in [0.5, 0.6) is 0 Å². The molecule has 0 aliphatic heterocycles. The predicted molar refractivity (Wildman–Crippen MR) is 475 cm³/mol. The molecule has 0 amide bonds. The lowest BCUT2D eigenvalue weighted by Crippen LogP contribution is -1.90. The van der Waals surface area contributed by atoms with E-state index in [0.717, 1.165) is 177 Å². The van der Waals surface area contributed by atoms with Crippen molar-refractivity contribution in [1.29, 1.82) is 0 Å². The zero-order valence-electron chi connectivity index (χ0n) is 61.4. The van der Waals surface area contributed by atoms with Gasteiger partial charge in [0, 0.05) is 90.1 Å². The molecule has 0 N–H and O–H groups in total. The molecule has 16 aromatic carbocycles. The number of rotatable bonds is 8. The molecule has 0 radical (unpaired) electrons. The summed E-state index contributed by atoms with van der Waals surface area (Å²) in [7, 11) is 0. The van der Waals surface area contributed by atoms with Gasteiger partial charge in [-0.15, -0.1) is 0 Å². The number of aromatic nitrogens is 8. The Labute approximate surface area is 653 Å². The highest BCUT2D eigenvalue weighted by molar-refractivity contribution is 6.27. The minimum Gasteiger partial charge on any atom is -0.254 e. The molecule has 0 spiro atoms. The van der Waals surface area contributed by atoms with E-state index in [0.29, 0.717) is 0 Å². The maximum absolute atomic E-state index is 5.19. The monoisotopic (exact) mass is 1450 g/mol. The van der Waals surface area contributed by atoms with Crippen LogP contribution in [-0.4, -0.2) is 39.9 Å². The average molecular weight is 1450 g/mol. The first-order valence-corrected chi connectivity index (χ1v) is 38.5. The van der Waals surface area contributed by atoms with Gasteiger partial charge in [0.25, 0.3) is 0 Å². The van der Waals surface area contributed by atoms with Crippen molar-refractivity contribution in [3.63, 3.8) is 0 Å². The number of hydrogen-bond acceptors (Lipinski definition) is 8. The van der Waals surface area contributed by atoms with E-state index in [2.05, 4.69) is 350 Å². The lowest BCUT2D eigenvalue weighted by Gasteiger charge is -2.14. The zero-order valence-corrected chi connectivity index (χ0v) is 61.4. The van der Waals surface area contributed by atoms with Crippen LogP contribution < -0.4 is 0 Å². The van der Waals surface area contributed by atoms with Gasteiger partial charge < -0.3 is 0 Å². The molecule has 0 aliphatic rings. The third-order valence-electron chi connectivity index (χ3n) is 23.2. The van der Waals surface area contributed by atoms with Gasteiger partial charge >= 0.3 is 0 Å². The van der Waals surface area contributed by atoms with Crippen LogP contribution in [0.1, 0.15) is 0 Å². The van der Waals surface area contributed by atoms with Crippen molar-refractivity contribution in [1.82, 2.24) is 39.9 Å². The van der Waals surface area contributed by atoms with E-state index in [1.807, 2.05) is 36.9 Å². The smallest absolute Gasteiger partial charge is 0.0970 e. The normalized spacial score (nSPS) is 11.9. The summed E-state index contributed by atoms with van der Waals surface area (Å²) in [6.45, 7) is 0. The van der Waals surface area contributed by atoms with Crippen LogP contribution in [0.2, 0.25) is 0 Å². The van der Waals surface area contributed by atoms with Gasteiger partial charge in [-0.05, 0) is 200 Å². The number of fused-ring (bicyclic) bond motifs is 16. The Kier molecular flexibility index (Phi) is 14.8. The number of nitrogens with zero attached hydrogens (tertiary/aromatic N) is 8. The molecule has 8 heteroatoms. The first kappa shape index (κ1) is 64.6. The van der Waals surface area contributed by atoms with Gasteiger partial charge in [0.2, 0.25) is 0 Å². The highest BCUT2D eigenvalue weighted by Crippen LogP contribution is 2.43. The Morgan fingerprint density at radius 3 is 1.06 bits per heavy atom. The minimum absolute atomic E-state index is 0.919. The van der Waals surface area contributed by atoms with Crippen LogP contribution in [0.3, 0.4) is 0 Å². The lowest BCUT2D eigenvalue weighted by molar-refractivity contribution is 1.37. The van der Waals surface area contributed by atoms with Crippen molar-refractivity contribution >= 4 is 152 Å². The molecule has 0 unspecified atom stereocenters. The molecule has 0 saturated heterocycles. The Hall–Kier alpha value is -15.4. The Morgan fingerprint density at radius 1 is 0.149 bits per heavy atom. The van der Waals surface area contributed by atoms with Crippen molar-refractivity contribution in [3.8, 4) is 89.5 Å². The molecule has 24 rings (SSSR count). The number of hydrogen-bond donors (Lipinski definition) is 0. The molecule has 0 saturated carbocycles. The maximum atomic E-state index is 5.19. The van der Waals surface area contributed by atoms with Gasteiger partial charge in [0.05, 0.1) is 66.9 Å². The maximum Gasteiger partial charge on any atom is 0.0970 e. The third-order valence-corrected chi connectivity index (χ3v) is 23.2. The topological polar surface area (TPSA) is 103 Å². The summed E-state index contributed by atoms with van der Waals surface area (Å²) in [6, 6.07) is 126. The molecule has 114 heavy (non-hydrogen) atoms. The van der Waals surface area contributed by atoms with Gasteiger partial charge in [0.1, 0.15) is 0 Å². The van der Waals surface area contributed by atoms with Gasteiger partial charge in [-0.2, -0.15) is 0 Å². The fraction of sp³-hybridized carbons (Fsp3) is 0. The summed E-state index contributed by atoms with van der Waals surface area (Å²) in [4.78, 5) is 39.3. The Balaban J connectivity index is 0.000000135. The van der Waals surface area contributed by atoms with E-state index in [-0.39, 0.29) is 0 Å². The van der Waals surface area contributed by atoms with E-state index in [1.165, 1.54) is 64.6 Å². The molecule has 8 heterocycles. The number of pyridine rings is 8. The van der Waals surface area contributed by atoms with E-state index in [9.17, 15) is 0 Å². The van der Waals surface area contributed by atoms with Crippen LogP contribution in [0, 0.1) is 0 Å². The van der Waals surface area contributed by atoms with Gasteiger partial charge in [-0.25, -0.2) is 19.9 Å². The third kappa shape index (κ3) is 10.9. The van der Waals surface area contributed by atoms with Crippen LogP contribution in [0.25, 0.3) is 241 Å². The van der Waals surface area contributed by atoms with Crippen LogP contribution in [0.15, 0.2) is 377 Å². The molecule has 0 aliphatic carbocycles. The second kappa shape index (κ2) is 26.2. The molecule has 0 bridgehead atoms. The first-order valence-electron chi connectivity index (χ1n) is 38.5. The SMILES string of the molecule is c1cnc2c(c1)ccc1c(-c3ccc(-c4ccc5ccc(-c6ccc7nc(-c8ccc9c%10ccccc%10c%10ccccc%10c9c8)ccc7c6)cc5n4)cc3)ccnc12.c1cnc2c(c1)ccc1c(-c3ccc(-c4ccc5ccc(-c6ccc7nc(-c8ccc9ccc%10cccc%11ccc8c9c%10%11)ccc7c6)cc5n4)cc3)ccnc12. The lowest BCUT2D eigenvalue weighted by atomic mass is 9.91. The molecule has 526 valence electrons. The summed E-state index contributed by atoms with van der Waals surface area (Å²) in [5, 5.41) is 24.1. The van der Waals surface area contributed by atoms with E-state index < -0.39 is 0 Å². The van der Waals surface area contributed by atoms with Gasteiger partial charge in [-0.3, -0.25) is 19.9 Å². The van der Waals surface area contributed by atoms with Crippen molar-refractivity contribution in [2.45, 2.75) is 0 Å². The Morgan fingerprint density at radius 2 is 0.509 bits per heavy atom. The van der Waals surface area contributed by atoms with Crippen molar-refractivity contribution < 1.29 is 0 Å². The van der Waals surface area contributed by atoms with Crippen LogP contribution in [-0.2, 0) is 0 Å². The summed E-state index contributed by atoms with van der Waals surface area (Å²) >= 11 is 0. The summed E-state index contributed by atoms with van der Waals surface area (Å²) in [6.07, 6.45) is 7.41. The highest BCUT2D eigenvalue weighted by atomic mass is 14.8. The molecule has 24 aromatic rings. The standard InChI is InChI=1S/C54H32N4.C52H30N4/c1-2-9-44-42(7-1)43-8-3-4-10-45(43)48-31-40(18-22-46(44)48)51-26-21-39-30-37(20-25-50(39)57-51)38-16-15-35-19-24-49(58-52(35)32-38)34-13-11-33(12-14-34)41-27-29-56-54-47(41)23-17-36-6-5-28-55-53(36)54;1-3-34-11-12-36-14-20-42(43-21-15-35(4-1)49(34)50(36)43)47-25-19-40-29-38(18-24-46(40)55-47)39-13-10-33-17-23-45(56-48(33)30-39)32-8-6-31(7-9-32)41-26-28-54-52-44(41)22-16-37-5-2-27-53-51(37)52/h1-32H;1-30H. The van der Waals surface area contributed by atoms with Gasteiger partial charge in [0.15, 0.2) is 0 Å². The zero-order chi connectivity index (χ0) is 74.9. The molecule has 8 aromatic heterocycles. The van der Waals surface area contributed by atoms with Gasteiger partial charge in [-0.1, -0.05) is 261 Å². The first-order chi connectivity index (χ1) is 56.4. The number of benzene rings is 16. The average Bonchev–Trinajstić information content (AvgIpc) is 0.736. The minimum atomic E-state index is 0.919. The predicted octanol–water partition coefficient (Wildman–Crippen LogP) is 27.5. The second-order valence-electron chi connectivity index (χ2n) is 29.7. The quantitative estimate of drug-likeness (QED) is 0.139. The molecule has 0 fully saturated rings.